The molecule has 0 saturated heterocycles. The van der Waals surface area contributed by atoms with Crippen molar-refractivity contribution in [2.24, 2.45) is 0 Å². The van der Waals surface area contributed by atoms with Gasteiger partial charge in [-0.2, -0.15) is 4.31 Å². The van der Waals surface area contributed by atoms with Gasteiger partial charge in [0, 0.05) is 23.2 Å². The van der Waals surface area contributed by atoms with Crippen molar-refractivity contribution in [3.8, 4) is 0 Å². The van der Waals surface area contributed by atoms with Crippen LogP contribution in [0.15, 0.2) is 28.7 Å². The van der Waals surface area contributed by atoms with Crippen molar-refractivity contribution in [3.05, 3.63) is 28.7 Å². The number of anilines is 1. The lowest BCUT2D eigenvalue weighted by Crippen LogP contribution is -2.41. The molecule has 0 spiro atoms. The maximum atomic E-state index is 12.0. The number of benzene rings is 1. The van der Waals surface area contributed by atoms with Crippen LogP contribution in [0.2, 0.25) is 0 Å². The first-order valence-corrected chi connectivity index (χ1v) is 8.98. The maximum Gasteiger partial charge on any atom is 0.239 e. The summed E-state index contributed by atoms with van der Waals surface area (Å²) in [6, 6.07) is 7.09. The van der Waals surface area contributed by atoms with Gasteiger partial charge < -0.3 is 10.2 Å². The standard InChI is InChI=1S/C13H20BrN3O3S/c1-16(2)8-9-17(21(3,19)20)10-13(18)15-12-6-4-11(14)5-7-12/h4-7H,8-10H2,1-3H3,(H,15,18). The van der Waals surface area contributed by atoms with Crippen molar-refractivity contribution < 1.29 is 13.2 Å². The minimum Gasteiger partial charge on any atom is -0.325 e. The van der Waals surface area contributed by atoms with Gasteiger partial charge in [-0.05, 0) is 38.4 Å². The van der Waals surface area contributed by atoms with Gasteiger partial charge in [0.15, 0.2) is 0 Å². The lowest BCUT2D eigenvalue weighted by Gasteiger charge is -2.21. The van der Waals surface area contributed by atoms with Crippen LogP contribution in [0.3, 0.4) is 0 Å². The summed E-state index contributed by atoms with van der Waals surface area (Å²) < 4.78 is 25.5. The fourth-order valence-corrected chi connectivity index (χ4v) is 2.60. The van der Waals surface area contributed by atoms with Crippen LogP contribution in [0.1, 0.15) is 0 Å². The Labute approximate surface area is 134 Å². The Morgan fingerprint density at radius 1 is 1.19 bits per heavy atom. The maximum absolute atomic E-state index is 12.0. The summed E-state index contributed by atoms with van der Waals surface area (Å²) in [6.07, 6.45) is 1.11. The predicted molar refractivity (Wildman–Crippen MR) is 87.7 cm³/mol. The molecule has 8 heteroatoms. The van der Waals surface area contributed by atoms with E-state index >= 15 is 0 Å². The minimum atomic E-state index is -3.42. The van der Waals surface area contributed by atoms with Crippen molar-refractivity contribution in [1.29, 1.82) is 0 Å². The van der Waals surface area contributed by atoms with Crippen LogP contribution in [0.25, 0.3) is 0 Å². The molecule has 0 heterocycles. The van der Waals surface area contributed by atoms with Gasteiger partial charge in [0.2, 0.25) is 15.9 Å². The highest BCUT2D eigenvalue weighted by molar-refractivity contribution is 9.10. The molecule has 21 heavy (non-hydrogen) atoms. The second kappa shape index (κ2) is 7.88. The van der Waals surface area contributed by atoms with Crippen molar-refractivity contribution in [2.45, 2.75) is 0 Å². The summed E-state index contributed by atoms with van der Waals surface area (Å²) in [5.41, 5.74) is 0.629. The first kappa shape index (κ1) is 18.1. The molecule has 0 aliphatic rings. The number of hydrogen-bond donors (Lipinski definition) is 1. The van der Waals surface area contributed by atoms with E-state index in [2.05, 4.69) is 21.2 Å². The number of halogens is 1. The monoisotopic (exact) mass is 377 g/mol. The van der Waals surface area contributed by atoms with Gasteiger partial charge in [-0.15, -0.1) is 0 Å². The lowest BCUT2D eigenvalue weighted by atomic mass is 10.3. The average Bonchev–Trinajstić information content (AvgIpc) is 2.35. The molecule has 1 aromatic carbocycles. The molecule has 1 aromatic rings. The number of hydrogen-bond acceptors (Lipinski definition) is 4. The molecule has 0 unspecified atom stereocenters. The molecule has 1 rings (SSSR count). The Hall–Kier alpha value is -0.960. The van der Waals surface area contributed by atoms with Gasteiger partial charge in [-0.25, -0.2) is 8.42 Å². The van der Waals surface area contributed by atoms with Crippen molar-refractivity contribution >= 4 is 37.5 Å². The Balaban J connectivity index is 2.65. The summed E-state index contributed by atoms with van der Waals surface area (Å²) in [5.74, 6) is -0.360. The van der Waals surface area contributed by atoms with Crippen LogP contribution < -0.4 is 5.32 Å². The summed E-state index contributed by atoms with van der Waals surface area (Å²) in [4.78, 5) is 13.8. The van der Waals surface area contributed by atoms with E-state index in [1.807, 2.05) is 19.0 Å². The third kappa shape index (κ3) is 7.03. The molecule has 6 nitrogen and oxygen atoms in total. The van der Waals surface area contributed by atoms with Crippen LogP contribution in [0.5, 0.6) is 0 Å². The largest absolute Gasteiger partial charge is 0.325 e. The highest BCUT2D eigenvalue weighted by Crippen LogP contribution is 2.14. The summed E-state index contributed by atoms with van der Waals surface area (Å²) in [5, 5.41) is 2.68. The van der Waals surface area contributed by atoms with Gasteiger partial charge >= 0.3 is 0 Å². The van der Waals surface area contributed by atoms with E-state index < -0.39 is 10.0 Å². The van der Waals surface area contributed by atoms with Crippen molar-refractivity contribution in [1.82, 2.24) is 9.21 Å². The van der Waals surface area contributed by atoms with Crippen LogP contribution in [0, 0.1) is 0 Å². The minimum absolute atomic E-state index is 0.192. The molecule has 118 valence electrons. The molecule has 1 N–H and O–H groups in total. The molecule has 0 bridgehead atoms. The number of nitrogens with zero attached hydrogens (tertiary/aromatic N) is 2. The fraction of sp³-hybridized carbons (Fsp3) is 0.462. The van der Waals surface area contributed by atoms with E-state index in [4.69, 9.17) is 0 Å². The Morgan fingerprint density at radius 3 is 2.24 bits per heavy atom. The molecule has 0 atom stereocenters. The zero-order valence-corrected chi connectivity index (χ0v) is 14.7. The van der Waals surface area contributed by atoms with Gasteiger partial charge in [-0.1, -0.05) is 15.9 Å². The van der Waals surface area contributed by atoms with Gasteiger partial charge in [0.05, 0.1) is 12.8 Å². The van der Waals surface area contributed by atoms with E-state index in [9.17, 15) is 13.2 Å². The number of carbonyl (C=O) groups is 1. The van der Waals surface area contributed by atoms with Crippen LogP contribution in [-0.2, 0) is 14.8 Å². The SMILES string of the molecule is CN(C)CCN(CC(=O)Nc1ccc(Br)cc1)S(C)(=O)=O. The fourth-order valence-electron chi connectivity index (χ4n) is 1.57. The number of sulfonamides is 1. The second-order valence-corrected chi connectivity index (χ2v) is 7.85. The molecular weight excluding hydrogens is 358 g/mol. The number of amides is 1. The normalized spacial score (nSPS) is 11.9. The van der Waals surface area contributed by atoms with E-state index in [0.717, 1.165) is 10.7 Å². The Kier molecular flexibility index (Phi) is 6.79. The summed E-state index contributed by atoms with van der Waals surface area (Å²) in [6.45, 7) is 0.640. The lowest BCUT2D eigenvalue weighted by molar-refractivity contribution is -0.116. The smallest absolute Gasteiger partial charge is 0.239 e. The highest BCUT2D eigenvalue weighted by atomic mass is 79.9. The molecule has 0 saturated carbocycles. The predicted octanol–water partition coefficient (Wildman–Crippen LogP) is 1.21. The topological polar surface area (TPSA) is 69.7 Å². The average molecular weight is 378 g/mol. The zero-order chi connectivity index (χ0) is 16.0. The third-order valence-electron chi connectivity index (χ3n) is 2.71. The third-order valence-corrected chi connectivity index (χ3v) is 4.49. The number of carbonyl (C=O) groups excluding carboxylic acids is 1. The van der Waals surface area contributed by atoms with Gasteiger partial charge in [0.1, 0.15) is 0 Å². The zero-order valence-electron chi connectivity index (χ0n) is 12.3. The number of nitrogens with one attached hydrogen (secondary N) is 1. The van der Waals surface area contributed by atoms with E-state index in [-0.39, 0.29) is 19.0 Å². The second-order valence-electron chi connectivity index (χ2n) is 4.95. The molecule has 0 aromatic heterocycles. The van der Waals surface area contributed by atoms with E-state index in [1.165, 1.54) is 4.31 Å². The highest BCUT2D eigenvalue weighted by Gasteiger charge is 2.20. The number of rotatable bonds is 7. The molecule has 1 amide bonds. The summed E-state index contributed by atoms with van der Waals surface area (Å²) in [7, 11) is 0.283. The number of likely N-dealkylation sites (N-methyl/N-ethyl adjacent to an activating group) is 1. The molecule has 0 fully saturated rings. The van der Waals surface area contributed by atoms with Crippen LogP contribution >= 0.6 is 15.9 Å². The summed E-state index contributed by atoms with van der Waals surface area (Å²) >= 11 is 3.31. The van der Waals surface area contributed by atoms with E-state index in [1.54, 1.807) is 24.3 Å². The van der Waals surface area contributed by atoms with Gasteiger partial charge in [-0.3, -0.25) is 4.79 Å². The molecule has 0 aliphatic carbocycles. The molecule has 0 radical (unpaired) electrons. The Morgan fingerprint density at radius 2 is 1.76 bits per heavy atom. The van der Waals surface area contributed by atoms with Crippen molar-refractivity contribution in [2.75, 3.05) is 45.3 Å². The first-order valence-electron chi connectivity index (χ1n) is 6.34. The molecule has 0 aliphatic heterocycles. The van der Waals surface area contributed by atoms with E-state index in [0.29, 0.717) is 12.2 Å². The molecular formula is C13H20BrN3O3S. The first-order chi connectivity index (χ1) is 9.68. The van der Waals surface area contributed by atoms with Crippen LogP contribution in [0.4, 0.5) is 5.69 Å². The van der Waals surface area contributed by atoms with Crippen LogP contribution in [-0.4, -0.2) is 63.5 Å². The Bertz CT molecular complexity index is 573. The van der Waals surface area contributed by atoms with Gasteiger partial charge in [0.25, 0.3) is 0 Å². The quantitative estimate of drug-likeness (QED) is 0.775. The van der Waals surface area contributed by atoms with Crippen molar-refractivity contribution in [3.63, 3.8) is 0 Å².